The van der Waals surface area contributed by atoms with E-state index < -0.39 is 0 Å². The van der Waals surface area contributed by atoms with Gasteiger partial charge in [0.25, 0.3) is 0 Å². The van der Waals surface area contributed by atoms with Gasteiger partial charge in [0.15, 0.2) is 0 Å². The summed E-state index contributed by atoms with van der Waals surface area (Å²) in [5, 5.41) is 0.571. The lowest BCUT2D eigenvalue weighted by Crippen LogP contribution is -2.19. The van der Waals surface area contributed by atoms with Gasteiger partial charge in [-0.25, -0.2) is 9.97 Å². The molecule has 2 nitrogen and oxygen atoms in total. The number of hydrogen-bond donors (Lipinski definition) is 0. The third-order valence-corrected chi connectivity index (χ3v) is 5.91. The molecule has 0 aliphatic heterocycles. The van der Waals surface area contributed by atoms with Gasteiger partial charge in [0.05, 0.1) is 10.2 Å². The predicted molar refractivity (Wildman–Crippen MR) is 92.8 cm³/mol. The first-order valence-corrected chi connectivity index (χ1v) is 9.27. The van der Waals surface area contributed by atoms with Gasteiger partial charge >= 0.3 is 0 Å². The van der Waals surface area contributed by atoms with E-state index in [4.69, 9.17) is 16.6 Å². The third-order valence-electron chi connectivity index (χ3n) is 4.58. The molecule has 1 saturated carbocycles. The lowest BCUT2D eigenvalue weighted by molar-refractivity contribution is 0.254. The summed E-state index contributed by atoms with van der Waals surface area (Å²) in [7, 11) is 0. The quantitative estimate of drug-likeness (QED) is 0.603. The first-order chi connectivity index (χ1) is 9.88. The first kappa shape index (κ1) is 17.2. The van der Waals surface area contributed by atoms with Crippen molar-refractivity contribution in [2.45, 2.75) is 65.7 Å². The topological polar surface area (TPSA) is 25.8 Å². The molecule has 0 unspecified atom stereocenters. The molecule has 0 saturated heterocycles. The van der Waals surface area contributed by atoms with Crippen LogP contribution in [-0.2, 0) is 6.42 Å². The van der Waals surface area contributed by atoms with Crippen LogP contribution in [0.4, 0.5) is 0 Å². The molecule has 1 aromatic rings. The number of halogens is 2. The molecular weight excluding hydrogens is 348 g/mol. The van der Waals surface area contributed by atoms with Gasteiger partial charge in [0.2, 0.25) is 0 Å². The van der Waals surface area contributed by atoms with Crippen molar-refractivity contribution in [2.75, 3.05) is 0 Å². The highest BCUT2D eigenvalue weighted by Gasteiger charge is 2.27. The Hall–Kier alpha value is -0.150. The van der Waals surface area contributed by atoms with Crippen molar-refractivity contribution in [1.82, 2.24) is 9.97 Å². The number of aromatic nitrogens is 2. The fourth-order valence-corrected chi connectivity index (χ4v) is 3.76. The monoisotopic (exact) mass is 372 g/mol. The summed E-state index contributed by atoms with van der Waals surface area (Å²) in [6.07, 6.45) is 5.92. The molecule has 0 radical (unpaired) electrons. The first-order valence-electron chi connectivity index (χ1n) is 8.10. The van der Waals surface area contributed by atoms with E-state index in [1.54, 1.807) is 0 Å². The molecule has 0 amide bonds. The summed E-state index contributed by atoms with van der Waals surface area (Å²) in [4.78, 5) is 9.37. The third kappa shape index (κ3) is 4.41. The van der Waals surface area contributed by atoms with E-state index in [1.807, 2.05) is 0 Å². The van der Waals surface area contributed by atoms with Crippen LogP contribution in [0.5, 0.6) is 0 Å². The molecule has 1 aromatic heterocycles. The zero-order valence-corrected chi connectivity index (χ0v) is 15.8. The molecule has 0 N–H and O–H groups in total. The van der Waals surface area contributed by atoms with Gasteiger partial charge in [0.1, 0.15) is 11.0 Å². The molecular formula is C17H26BrClN2. The summed E-state index contributed by atoms with van der Waals surface area (Å²) in [5.74, 6) is 3.66. The molecule has 0 atom stereocenters. The van der Waals surface area contributed by atoms with Crippen molar-refractivity contribution in [3.05, 3.63) is 21.1 Å². The highest BCUT2D eigenvalue weighted by Crippen LogP contribution is 2.38. The molecule has 1 heterocycles. The normalized spacial score (nSPS) is 23.0. The Labute approximate surface area is 142 Å². The Morgan fingerprint density at radius 2 is 1.71 bits per heavy atom. The summed E-state index contributed by atoms with van der Waals surface area (Å²) in [6, 6.07) is 0. The number of nitrogens with zero attached hydrogens (tertiary/aromatic N) is 2. The average Bonchev–Trinajstić information content (AvgIpc) is 2.43. The van der Waals surface area contributed by atoms with E-state index in [2.05, 4.69) is 48.6 Å². The summed E-state index contributed by atoms with van der Waals surface area (Å²) in [6.45, 7) is 9.07. The lowest BCUT2D eigenvalue weighted by Gasteiger charge is -2.30. The second-order valence-corrected chi connectivity index (χ2v) is 8.24. The Morgan fingerprint density at radius 3 is 2.24 bits per heavy atom. The van der Waals surface area contributed by atoms with Crippen molar-refractivity contribution in [3.8, 4) is 0 Å². The van der Waals surface area contributed by atoms with E-state index >= 15 is 0 Å². The minimum atomic E-state index is 0.483. The van der Waals surface area contributed by atoms with Crippen molar-refractivity contribution >= 4 is 27.5 Å². The highest BCUT2D eigenvalue weighted by molar-refractivity contribution is 9.10. The molecule has 0 spiro atoms. The van der Waals surface area contributed by atoms with E-state index in [9.17, 15) is 0 Å². The van der Waals surface area contributed by atoms with E-state index in [0.717, 1.165) is 34.2 Å². The predicted octanol–water partition coefficient (Wildman–Crippen LogP) is 6.02. The number of hydrogen-bond acceptors (Lipinski definition) is 2. The van der Waals surface area contributed by atoms with Crippen LogP contribution in [0.3, 0.4) is 0 Å². The van der Waals surface area contributed by atoms with Crippen LogP contribution < -0.4 is 0 Å². The van der Waals surface area contributed by atoms with E-state index in [1.165, 1.54) is 25.7 Å². The maximum absolute atomic E-state index is 6.30. The fourth-order valence-electron chi connectivity index (χ4n) is 3.23. The van der Waals surface area contributed by atoms with Crippen molar-refractivity contribution in [1.29, 1.82) is 0 Å². The van der Waals surface area contributed by atoms with Gasteiger partial charge in [-0.2, -0.15) is 0 Å². The largest absolute Gasteiger partial charge is 0.236 e. The van der Waals surface area contributed by atoms with Gasteiger partial charge in [0, 0.05) is 5.92 Å². The van der Waals surface area contributed by atoms with Crippen molar-refractivity contribution < 1.29 is 0 Å². The lowest BCUT2D eigenvalue weighted by atomic mass is 9.76. The summed E-state index contributed by atoms with van der Waals surface area (Å²) >= 11 is 9.84. The Morgan fingerprint density at radius 1 is 1.10 bits per heavy atom. The van der Waals surface area contributed by atoms with Crippen LogP contribution in [0.2, 0.25) is 5.15 Å². The van der Waals surface area contributed by atoms with Crippen LogP contribution in [0.25, 0.3) is 0 Å². The van der Waals surface area contributed by atoms with Crippen molar-refractivity contribution in [2.24, 2.45) is 17.8 Å². The average molecular weight is 374 g/mol. The maximum Gasteiger partial charge on any atom is 0.147 e. The molecule has 1 aliphatic carbocycles. The number of rotatable bonds is 4. The Kier molecular flexibility index (Phi) is 6.07. The van der Waals surface area contributed by atoms with Gasteiger partial charge in [-0.3, -0.25) is 0 Å². The highest BCUT2D eigenvalue weighted by atomic mass is 79.9. The molecule has 4 heteroatoms. The zero-order chi connectivity index (χ0) is 15.6. The maximum atomic E-state index is 6.30. The van der Waals surface area contributed by atoms with Crippen LogP contribution >= 0.6 is 27.5 Å². The standard InChI is InChI=1S/C17H26BrClN2/c1-10(2)9-14-15(18)16(19)21-17(20-14)13-7-5-12(6-8-13)11(3)4/h10-13H,5-9H2,1-4H3. The summed E-state index contributed by atoms with van der Waals surface area (Å²) < 4.78 is 0.873. The van der Waals surface area contributed by atoms with Gasteiger partial charge < -0.3 is 0 Å². The molecule has 118 valence electrons. The zero-order valence-electron chi connectivity index (χ0n) is 13.5. The molecule has 1 fully saturated rings. The SMILES string of the molecule is CC(C)Cc1nc(C2CCC(C(C)C)CC2)nc(Cl)c1Br. The molecule has 21 heavy (non-hydrogen) atoms. The minimum absolute atomic E-state index is 0.483. The molecule has 2 rings (SSSR count). The van der Waals surface area contributed by atoms with Gasteiger partial charge in [-0.1, -0.05) is 39.3 Å². The van der Waals surface area contributed by atoms with Crippen LogP contribution in [0, 0.1) is 17.8 Å². The van der Waals surface area contributed by atoms with Crippen molar-refractivity contribution in [3.63, 3.8) is 0 Å². The minimum Gasteiger partial charge on any atom is -0.236 e. The Balaban J connectivity index is 2.15. The fraction of sp³-hybridized carbons (Fsp3) is 0.765. The van der Waals surface area contributed by atoms with Gasteiger partial charge in [-0.15, -0.1) is 0 Å². The molecule has 1 aliphatic rings. The van der Waals surface area contributed by atoms with Crippen LogP contribution in [0.1, 0.15) is 70.8 Å². The summed E-state index contributed by atoms with van der Waals surface area (Å²) in [5.41, 5.74) is 1.06. The van der Waals surface area contributed by atoms with E-state index in [0.29, 0.717) is 17.0 Å². The van der Waals surface area contributed by atoms with E-state index in [-0.39, 0.29) is 0 Å². The second kappa shape index (κ2) is 7.41. The smallest absolute Gasteiger partial charge is 0.147 e. The molecule has 0 aromatic carbocycles. The Bertz CT molecular complexity index is 480. The molecule has 0 bridgehead atoms. The van der Waals surface area contributed by atoms with Crippen LogP contribution in [-0.4, -0.2) is 9.97 Å². The second-order valence-electron chi connectivity index (χ2n) is 7.09. The van der Waals surface area contributed by atoms with Crippen LogP contribution in [0.15, 0.2) is 4.47 Å². The van der Waals surface area contributed by atoms with Gasteiger partial charge in [-0.05, 0) is 65.8 Å².